The molecule has 2 rings (SSSR count). The Kier molecular flexibility index (Phi) is 4.77. The first-order chi connectivity index (χ1) is 8.58. The number of rotatable bonds is 4. The second-order valence-corrected chi connectivity index (χ2v) is 6.18. The standard InChI is InChI=1S/C14H19ClNOP/c1-10-8-11(15)4-5-12(10)14(17)13(18)9-16-6-2-3-7-16/h4-5,8,13H,2-3,6-7,9,18H2,1H3. The van der Waals surface area contributed by atoms with Gasteiger partial charge in [-0.2, -0.15) is 0 Å². The van der Waals surface area contributed by atoms with Crippen molar-refractivity contribution in [3.05, 3.63) is 34.3 Å². The predicted molar refractivity (Wildman–Crippen MR) is 79.7 cm³/mol. The van der Waals surface area contributed by atoms with Crippen molar-refractivity contribution in [1.29, 1.82) is 0 Å². The van der Waals surface area contributed by atoms with Crippen LogP contribution in [0.5, 0.6) is 0 Å². The van der Waals surface area contributed by atoms with Crippen LogP contribution in [0.25, 0.3) is 0 Å². The number of carbonyl (C=O) groups excluding carboxylic acids is 1. The molecule has 0 aromatic heterocycles. The molecule has 1 heterocycles. The van der Waals surface area contributed by atoms with Gasteiger partial charge in [0.05, 0.1) is 0 Å². The number of nitrogens with zero attached hydrogens (tertiary/aromatic N) is 1. The number of benzene rings is 1. The van der Waals surface area contributed by atoms with Gasteiger partial charge >= 0.3 is 0 Å². The minimum Gasteiger partial charge on any atom is -0.302 e. The highest BCUT2D eigenvalue weighted by Gasteiger charge is 2.21. The van der Waals surface area contributed by atoms with Gasteiger partial charge in [0.2, 0.25) is 0 Å². The van der Waals surface area contributed by atoms with E-state index in [0.717, 1.165) is 30.8 Å². The van der Waals surface area contributed by atoms with E-state index < -0.39 is 0 Å². The molecule has 2 atom stereocenters. The topological polar surface area (TPSA) is 20.3 Å². The summed E-state index contributed by atoms with van der Waals surface area (Å²) < 4.78 is 0. The fraction of sp³-hybridized carbons (Fsp3) is 0.500. The Labute approximate surface area is 116 Å². The van der Waals surface area contributed by atoms with Crippen LogP contribution in [0.1, 0.15) is 28.8 Å². The SMILES string of the molecule is Cc1cc(Cl)ccc1C(=O)C(P)CN1CCCC1. The van der Waals surface area contributed by atoms with Crippen LogP contribution in [0.15, 0.2) is 18.2 Å². The summed E-state index contributed by atoms with van der Waals surface area (Å²) in [7, 11) is 2.69. The first kappa shape index (κ1) is 14.0. The number of hydrogen-bond donors (Lipinski definition) is 0. The fourth-order valence-electron chi connectivity index (χ4n) is 2.43. The predicted octanol–water partition coefficient (Wildman–Crippen LogP) is 3.17. The molecule has 0 amide bonds. The van der Waals surface area contributed by atoms with Crippen LogP contribution in [0.2, 0.25) is 5.02 Å². The maximum Gasteiger partial charge on any atom is 0.171 e. The zero-order valence-electron chi connectivity index (χ0n) is 10.7. The van der Waals surface area contributed by atoms with Gasteiger partial charge in [-0.25, -0.2) is 0 Å². The van der Waals surface area contributed by atoms with Gasteiger partial charge in [0, 0.05) is 22.8 Å². The average Bonchev–Trinajstić information content (AvgIpc) is 2.81. The Morgan fingerprint density at radius 1 is 1.44 bits per heavy atom. The summed E-state index contributed by atoms with van der Waals surface area (Å²) in [6.45, 7) is 5.02. The largest absolute Gasteiger partial charge is 0.302 e. The highest BCUT2D eigenvalue weighted by Crippen LogP contribution is 2.20. The Morgan fingerprint density at radius 2 is 2.11 bits per heavy atom. The molecule has 2 unspecified atom stereocenters. The molecule has 0 spiro atoms. The van der Waals surface area contributed by atoms with Gasteiger partial charge in [0.25, 0.3) is 0 Å². The van der Waals surface area contributed by atoms with E-state index in [-0.39, 0.29) is 11.4 Å². The van der Waals surface area contributed by atoms with Gasteiger partial charge in [-0.3, -0.25) is 4.79 Å². The van der Waals surface area contributed by atoms with Crippen LogP contribution < -0.4 is 0 Å². The minimum atomic E-state index is -0.0250. The molecule has 1 aliphatic rings. The molecule has 1 aromatic carbocycles. The smallest absolute Gasteiger partial charge is 0.171 e. The van der Waals surface area contributed by atoms with Crippen molar-refractivity contribution >= 4 is 26.6 Å². The molecule has 0 bridgehead atoms. The summed E-state index contributed by atoms with van der Waals surface area (Å²) in [6, 6.07) is 5.47. The molecule has 2 nitrogen and oxygen atoms in total. The lowest BCUT2D eigenvalue weighted by Gasteiger charge is -2.19. The van der Waals surface area contributed by atoms with Gasteiger partial charge in [0.15, 0.2) is 5.78 Å². The summed E-state index contributed by atoms with van der Waals surface area (Å²) in [6.07, 6.45) is 2.51. The zero-order valence-corrected chi connectivity index (χ0v) is 12.6. The number of likely N-dealkylation sites (tertiary alicyclic amines) is 1. The van der Waals surface area contributed by atoms with Crippen molar-refractivity contribution in [1.82, 2.24) is 4.90 Å². The Balaban J connectivity index is 2.05. The summed E-state index contributed by atoms with van der Waals surface area (Å²) >= 11 is 5.91. The maximum atomic E-state index is 12.4. The van der Waals surface area contributed by atoms with E-state index in [1.165, 1.54) is 12.8 Å². The molecule has 0 N–H and O–H groups in total. The molecule has 1 saturated heterocycles. The Hall–Kier alpha value is -0.430. The number of hydrogen-bond acceptors (Lipinski definition) is 2. The van der Waals surface area contributed by atoms with Crippen molar-refractivity contribution < 1.29 is 4.79 Å². The van der Waals surface area contributed by atoms with Crippen LogP contribution >= 0.6 is 20.8 Å². The monoisotopic (exact) mass is 283 g/mol. The van der Waals surface area contributed by atoms with Gasteiger partial charge in [-0.05, 0) is 56.6 Å². The first-order valence-corrected chi connectivity index (χ1v) is 7.40. The second kappa shape index (κ2) is 6.14. The van der Waals surface area contributed by atoms with Crippen molar-refractivity contribution in [2.24, 2.45) is 0 Å². The van der Waals surface area contributed by atoms with Gasteiger partial charge < -0.3 is 4.90 Å². The second-order valence-electron chi connectivity index (χ2n) is 4.94. The maximum absolute atomic E-state index is 12.4. The molecular formula is C14H19ClNOP. The summed E-state index contributed by atoms with van der Waals surface area (Å²) in [5.41, 5.74) is 1.72. The van der Waals surface area contributed by atoms with Crippen LogP contribution in [0.4, 0.5) is 0 Å². The van der Waals surface area contributed by atoms with E-state index in [1.807, 2.05) is 19.1 Å². The van der Waals surface area contributed by atoms with Gasteiger partial charge in [-0.15, -0.1) is 9.24 Å². The molecule has 0 saturated carbocycles. The summed E-state index contributed by atoms with van der Waals surface area (Å²) in [5.74, 6) is 0.195. The van der Waals surface area contributed by atoms with E-state index in [1.54, 1.807) is 6.07 Å². The number of Topliss-reactive ketones (excluding diaryl/α,β-unsaturated/α-hetero) is 1. The van der Waals surface area contributed by atoms with Crippen molar-refractivity contribution in [3.63, 3.8) is 0 Å². The Bertz CT molecular complexity index is 443. The average molecular weight is 284 g/mol. The van der Waals surface area contributed by atoms with E-state index in [9.17, 15) is 4.79 Å². The van der Waals surface area contributed by atoms with E-state index in [2.05, 4.69) is 14.1 Å². The highest BCUT2D eigenvalue weighted by atomic mass is 35.5. The summed E-state index contributed by atoms with van der Waals surface area (Å²) in [5, 5.41) is 0.684. The van der Waals surface area contributed by atoms with Crippen LogP contribution in [-0.4, -0.2) is 36.0 Å². The Morgan fingerprint density at radius 3 is 2.72 bits per heavy atom. The first-order valence-electron chi connectivity index (χ1n) is 6.36. The zero-order chi connectivity index (χ0) is 13.1. The number of aryl methyl sites for hydroxylation is 1. The van der Waals surface area contributed by atoms with Crippen molar-refractivity contribution in [2.45, 2.75) is 25.4 Å². The van der Waals surface area contributed by atoms with Gasteiger partial charge in [-0.1, -0.05) is 11.6 Å². The molecule has 4 heteroatoms. The van der Waals surface area contributed by atoms with Crippen molar-refractivity contribution in [2.75, 3.05) is 19.6 Å². The number of ketones is 1. The van der Waals surface area contributed by atoms with Gasteiger partial charge in [0.1, 0.15) is 0 Å². The third kappa shape index (κ3) is 3.32. The van der Waals surface area contributed by atoms with E-state index in [4.69, 9.17) is 11.6 Å². The normalized spacial score (nSPS) is 17.9. The number of halogens is 1. The molecule has 1 fully saturated rings. The van der Waals surface area contributed by atoms with E-state index in [0.29, 0.717) is 5.02 Å². The summed E-state index contributed by atoms with van der Waals surface area (Å²) in [4.78, 5) is 14.7. The quantitative estimate of drug-likeness (QED) is 0.625. The molecule has 1 aromatic rings. The lowest BCUT2D eigenvalue weighted by atomic mass is 10.0. The molecular weight excluding hydrogens is 265 g/mol. The minimum absolute atomic E-state index is 0.0250. The molecule has 1 aliphatic heterocycles. The third-order valence-corrected chi connectivity index (χ3v) is 4.19. The lowest BCUT2D eigenvalue weighted by Crippen LogP contribution is -2.31. The number of carbonyl (C=O) groups is 1. The fourth-order valence-corrected chi connectivity index (χ4v) is 3.13. The highest BCUT2D eigenvalue weighted by molar-refractivity contribution is 7.19. The molecule has 98 valence electrons. The van der Waals surface area contributed by atoms with Crippen LogP contribution in [0, 0.1) is 6.92 Å². The lowest BCUT2D eigenvalue weighted by molar-refractivity contribution is 0.0975. The van der Waals surface area contributed by atoms with Crippen LogP contribution in [0.3, 0.4) is 0 Å². The third-order valence-electron chi connectivity index (χ3n) is 3.44. The van der Waals surface area contributed by atoms with Crippen LogP contribution in [-0.2, 0) is 0 Å². The molecule has 18 heavy (non-hydrogen) atoms. The molecule has 0 aliphatic carbocycles. The van der Waals surface area contributed by atoms with Crippen molar-refractivity contribution in [3.8, 4) is 0 Å². The molecule has 0 radical (unpaired) electrons. The van der Waals surface area contributed by atoms with E-state index >= 15 is 0 Å².